The Labute approximate surface area is 123 Å². The van der Waals surface area contributed by atoms with Crippen LogP contribution in [-0.4, -0.2) is 31.6 Å². The number of nitrogens with one attached hydrogen (secondary N) is 1. The van der Waals surface area contributed by atoms with Gasteiger partial charge in [-0.3, -0.25) is 4.90 Å². The summed E-state index contributed by atoms with van der Waals surface area (Å²) < 4.78 is 5.53. The number of nitrogens with zero attached hydrogens (tertiary/aromatic N) is 1. The van der Waals surface area contributed by atoms with Crippen molar-refractivity contribution in [2.45, 2.75) is 39.8 Å². The molecule has 2 rings (SSSR count). The van der Waals surface area contributed by atoms with E-state index in [4.69, 9.17) is 4.74 Å². The Kier molecular flexibility index (Phi) is 5.86. The van der Waals surface area contributed by atoms with E-state index < -0.39 is 0 Å². The Hall–Kier alpha value is -1.06. The number of hydrogen-bond acceptors (Lipinski definition) is 3. The number of piperidine rings is 1. The molecule has 0 radical (unpaired) electrons. The SMILES string of the molecule is CCNCc1ccc(OC)c(CN2CCCC(C)C2)c1. The monoisotopic (exact) mass is 276 g/mol. The normalized spacial score (nSPS) is 20.1. The van der Waals surface area contributed by atoms with Crippen LogP contribution in [0.2, 0.25) is 0 Å². The average Bonchev–Trinajstić information content (AvgIpc) is 2.45. The van der Waals surface area contributed by atoms with Crippen molar-refractivity contribution in [1.29, 1.82) is 0 Å². The molecule has 1 N–H and O–H groups in total. The Morgan fingerprint density at radius 3 is 2.95 bits per heavy atom. The molecule has 3 heteroatoms. The molecule has 1 aromatic carbocycles. The van der Waals surface area contributed by atoms with Crippen LogP contribution in [0.3, 0.4) is 0 Å². The Balaban J connectivity index is 2.07. The summed E-state index contributed by atoms with van der Waals surface area (Å²) in [6.07, 6.45) is 2.69. The van der Waals surface area contributed by atoms with E-state index in [0.717, 1.165) is 31.3 Å². The first-order valence-electron chi connectivity index (χ1n) is 7.81. The third kappa shape index (κ3) is 4.22. The predicted molar refractivity (Wildman–Crippen MR) is 84.0 cm³/mol. The quantitative estimate of drug-likeness (QED) is 0.864. The average molecular weight is 276 g/mol. The van der Waals surface area contributed by atoms with Crippen LogP contribution < -0.4 is 10.1 Å². The molecule has 20 heavy (non-hydrogen) atoms. The third-order valence-electron chi connectivity index (χ3n) is 4.06. The molecule has 0 saturated carbocycles. The molecular weight excluding hydrogens is 248 g/mol. The van der Waals surface area contributed by atoms with Crippen molar-refractivity contribution in [2.75, 3.05) is 26.7 Å². The van der Waals surface area contributed by atoms with Crippen molar-refractivity contribution >= 4 is 0 Å². The van der Waals surface area contributed by atoms with Crippen molar-refractivity contribution in [3.05, 3.63) is 29.3 Å². The first-order chi connectivity index (χ1) is 9.72. The lowest BCUT2D eigenvalue weighted by molar-refractivity contribution is 0.175. The van der Waals surface area contributed by atoms with Gasteiger partial charge in [0.05, 0.1) is 7.11 Å². The highest BCUT2D eigenvalue weighted by molar-refractivity contribution is 5.37. The Morgan fingerprint density at radius 1 is 1.40 bits per heavy atom. The zero-order chi connectivity index (χ0) is 14.4. The molecule has 0 aliphatic carbocycles. The molecule has 0 spiro atoms. The number of likely N-dealkylation sites (tertiary alicyclic amines) is 1. The van der Waals surface area contributed by atoms with Crippen molar-refractivity contribution in [3.8, 4) is 5.75 Å². The topological polar surface area (TPSA) is 24.5 Å². The molecule has 1 heterocycles. The summed E-state index contributed by atoms with van der Waals surface area (Å²) >= 11 is 0. The van der Waals surface area contributed by atoms with Gasteiger partial charge in [0.25, 0.3) is 0 Å². The second kappa shape index (κ2) is 7.65. The molecule has 0 bridgehead atoms. The Morgan fingerprint density at radius 2 is 2.25 bits per heavy atom. The van der Waals surface area contributed by atoms with Gasteiger partial charge in [0.1, 0.15) is 5.75 Å². The van der Waals surface area contributed by atoms with Gasteiger partial charge in [0.2, 0.25) is 0 Å². The minimum Gasteiger partial charge on any atom is -0.496 e. The van der Waals surface area contributed by atoms with Crippen LogP contribution in [0.5, 0.6) is 5.75 Å². The number of ether oxygens (including phenoxy) is 1. The van der Waals surface area contributed by atoms with E-state index in [1.807, 2.05) is 0 Å². The lowest BCUT2D eigenvalue weighted by atomic mass is 9.99. The largest absolute Gasteiger partial charge is 0.496 e. The Bertz CT molecular complexity index is 419. The summed E-state index contributed by atoms with van der Waals surface area (Å²) in [6, 6.07) is 6.56. The standard InChI is InChI=1S/C17H28N2O/c1-4-18-11-15-7-8-17(20-3)16(10-15)13-19-9-5-6-14(2)12-19/h7-8,10,14,18H,4-6,9,11-13H2,1-3H3. The van der Waals surface area contributed by atoms with E-state index in [0.29, 0.717) is 0 Å². The molecule has 1 saturated heterocycles. The van der Waals surface area contributed by atoms with Gasteiger partial charge >= 0.3 is 0 Å². The fourth-order valence-electron chi connectivity index (χ4n) is 3.01. The summed E-state index contributed by atoms with van der Waals surface area (Å²) in [5.41, 5.74) is 2.66. The van der Waals surface area contributed by atoms with Crippen LogP contribution in [0.15, 0.2) is 18.2 Å². The fourth-order valence-corrected chi connectivity index (χ4v) is 3.01. The molecule has 112 valence electrons. The van der Waals surface area contributed by atoms with Gasteiger partial charge in [-0.05, 0) is 49.5 Å². The minimum atomic E-state index is 0.819. The first-order valence-corrected chi connectivity index (χ1v) is 7.81. The van der Waals surface area contributed by atoms with E-state index in [2.05, 4.69) is 42.3 Å². The third-order valence-corrected chi connectivity index (χ3v) is 4.06. The maximum absolute atomic E-state index is 5.53. The second-order valence-corrected chi connectivity index (χ2v) is 5.91. The maximum atomic E-state index is 5.53. The van der Waals surface area contributed by atoms with Crippen LogP contribution in [0.1, 0.15) is 37.8 Å². The highest BCUT2D eigenvalue weighted by Crippen LogP contribution is 2.24. The summed E-state index contributed by atoms with van der Waals surface area (Å²) in [5, 5.41) is 3.39. The zero-order valence-electron chi connectivity index (χ0n) is 13.1. The van der Waals surface area contributed by atoms with Gasteiger partial charge in [0.15, 0.2) is 0 Å². The van der Waals surface area contributed by atoms with Gasteiger partial charge in [-0.1, -0.05) is 19.9 Å². The van der Waals surface area contributed by atoms with Crippen molar-refractivity contribution in [2.24, 2.45) is 5.92 Å². The van der Waals surface area contributed by atoms with Crippen LogP contribution in [0.4, 0.5) is 0 Å². The van der Waals surface area contributed by atoms with E-state index in [-0.39, 0.29) is 0 Å². The van der Waals surface area contributed by atoms with Gasteiger partial charge in [-0.25, -0.2) is 0 Å². The zero-order valence-corrected chi connectivity index (χ0v) is 13.1. The number of rotatable bonds is 6. The van der Waals surface area contributed by atoms with Crippen LogP contribution >= 0.6 is 0 Å². The van der Waals surface area contributed by atoms with Crippen LogP contribution in [0, 0.1) is 5.92 Å². The molecule has 1 atom stereocenters. The lowest BCUT2D eigenvalue weighted by Gasteiger charge is -2.31. The summed E-state index contributed by atoms with van der Waals surface area (Å²) in [5.74, 6) is 1.84. The number of methoxy groups -OCH3 is 1. The highest BCUT2D eigenvalue weighted by Gasteiger charge is 2.17. The van der Waals surface area contributed by atoms with Gasteiger partial charge < -0.3 is 10.1 Å². The van der Waals surface area contributed by atoms with E-state index in [1.54, 1.807) is 7.11 Å². The fraction of sp³-hybridized carbons (Fsp3) is 0.647. The molecule has 1 fully saturated rings. The van der Waals surface area contributed by atoms with Gasteiger partial charge in [-0.15, -0.1) is 0 Å². The van der Waals surface area contributed by atoms with Crippen molar-refractivity contribution in [1.82, 2.24) is 10.2 Å². The molecule has 0 aromatic heterocycles. The molecule has 1 aliphatic rings. The highest BCUT2D eigenvalue weighted by atomic mass is 16.5. The molecular formula is C17H28N2O. The lowest BCUT2D eigenvalue weighted by Crippen LogP contribution is -2.33. The first kappa shape index (κ1) is 15.3. The molecule has 1 aliphatic heterocycles. The smallest absolute Gasteiger partial charge is 0.123 e. The summed E-state index contributed by atoms with van der Waals surface area (Å²) in [6.45, 7) is 9.86. The molecule has 1 aromatic rings. The second-order valence-electron chi connectivity index (χ2n) is 5.91. The summed E-state index contributed by atoms with van der Waals surface area (Å²) in [7, 11) is 1.77. The summed E-state index contributed by atoms with van der Waals surface area (Å²) in [4.78, 5) is 2.56. The minimum absolute atomic E-state index is 0.819. The van der Waals surface area contributed by atoms with Gasteiger partial charge in [-0.2, -0.15) is 0 Å². The van der Waals surface area contributed by atoms with Crippen molar-refractivity contribution < 1.29 is 4.74 Å². The van der Waals surface area contributed by atoms with Crippen LogP contribution in [-0.2, 0) is 13.1 Å². The maximum Gasteiger partial charge on any atom is 0.123 e. The van der Waals surface area contributed by atoms with Gasteiger partial charge in [0, 0.05) is 25.2 Å². The van der Waals surface area contributed by atoms with Crippen LogP contribution in [0.25, 0.3) is 0 Å². The van der Waals surface area contributed by atoms with E-state index in [1.165, 1.54) is 37.1 Å². The predicted octanol–water partition coefficient (Wildman–Crippen LogP) is 3.04. The van der Waals surface area contributed by atoms with E-state index in [9.17, 15) is 0 Å². The van der Waals surface area contributed by atoms with E-state index >= 15 is 0 Å². The molecule has 3 nitrogen and oxygen atoms in total. The van der Waals surface area contributed by atoms with Crippen molar-refractivity contribution in [3.63, 3.8) is 0 Å². The number of benzene rings is 1. The molecule has 1 unspecified atom stereocenters. The molecule has 0 amide bonds. The number of hydrogen-bond donors (Lipinski definition) is 1.